The first-order valence-corrected chi connectivity index (χ1v) is 4.99. The van der Waals surface area contributed by atoms with Gasteiger partial charge >= 0.3 is 5.97 Å². The van der Waals surface area contributed by atoms with Gasteiger partial charge in [0.05, 0.1) is 0 Å². The molecule has 0 unspecified atom stereocenters. The van der Waals surface area contributed by atoms with Crippen LogP contribution in [0.1, 0.15) is 58.3 Å². The van der Waals surface area contributed by atoms with Crippen molar-refractivity contribution in [3.63, 3.8) is 0 Å². The van der Waals surface area contributed by atoms with Gasteiger partial charge in [-0.15, -0.1) is 0 Å². The zero-order valence-electron chi connectivity index (χ0n) is 8.72. The van der Waals surface area contributed by atoms with E-state index >= 15 is 0 Å². The van der Waals surface area contributed by atoms with Crippen LogP contribution in [-0.4, -0.2) is 11.1 Å². The Bertz CT molecular complexity index is 100.0. The Morgan fingerprint density at radius 1 is 1.08 bits per heavy atom. The summed E-state index contributed by atoms with van der Waals surface area (Å²) in [6.45, 7) is 1.84. The molecule has 1 rings (SSSR count). The molecule has 1 N–H and O–H groups in total. The van der Waals surface area contributed by atoms with Gasteiger partial charge in [-0.2, -0.15) is 0 Å². The van der Waals surface area contributed by atoms with E-state index < -0.39 is 5.97 Å². The third-order valence-corrected chi connectivity index (χ3v) is 1.96. The van der Waals surface area contributed by atoms with Gasteiger partial charge in [0.2, 0.25) is 0 Å². The molecule has 0 aromatic rings. The maximum atomic E-state index is 9.60. The Kier molecular flexibility index (Phi) is 15.1. The van der Waals surface area contributed by atoms with Crippen LogP contribution in [0.25, 0.3) is 0 Å². The number of hydrogen-bond donors (Lipinski definition) is 1. The summed E-state index contributed by atoms with van der Waals surface area (Å²) in [6, 6.07) is 0. The van der Waals surface area contributed by atoms with E-state index in [9.17, 15) is 4.79 Å². The number of carbonyl (C=O) groups is 1. The van der Waals surface area contributed by atoms with Crippen molar-refractivity contribution in [1.82, 2.24) is 0 Å². The fourth-order valence-electron chi connectivity index (χ4n) is 1.27. The van der Waals surface area contributed by atoms with Crippen molar-refractivity contribution in [3.8, 4) is 0 Å². The molecule has 0 atom stereocenters. The van der Waals surface area contributed by atoms with E-state index in [4.69, 9.17) is 5.11 Å². The van der Waals surface area contributed by atoms with Crippen molar-refractivity contribution in [2.45, 2.75) is 58.3 Å². The van der Waals surface area contributed by atoms with Gasteiger partial charge in [-0.05, 0) is 6.42 Å². The largest absolute Gasteiger partial charge is 0.481 e. The molecule has 3 heteroatoms. The Morgan fingerprint density at radius 2 is 1.38 bits per heavy atom. The van der Waals surface area contributed by atoms with Crippen molar-refractivity contribution in [1.29, 1.82) is 0 Å². The molecule has 0 heterocycles. The van der Waals surface area contributed by atoms with Crippen LogP contribution in [0, 0.1) is 0 Å². The standard InChI is InChI=1S/C6H12.C4H8O2.Cd/c1-2-4-6-5-3-1;1-2-3-4(5)6;/h1-6H2;2-3H2,1H3,(H,5,6);. The molecule has 0 radical (unpaired) electrons. The summed E-state index contributed by atoms with van der Waals surface area (Å²) in [5, 5.41) is 7.91. The van der Waals surface area contributed by atoms with E-state index in [2.05, 4.69) is 0 Å². The van der Waals surface area contributed by atoms with Gasteiger partial charge in [0.15, 0.2) is 0 Å². The minimum absolute atomic E-state index is 0. The molecule has 13 heavy (non-hydrogen) atoms. The smallest absolute Gasteiger partial charge is 0.303 e. The fourth-order valence-corrected chi connectivity index (χ4v) is 1.27. The second kappa shape index (κ2) is 12.4. The van der Waals surface area contributed by atoms with Gasteiger partial charge in [-0.3, -0.25) is 4.79 Å². The Balaban J connectivity index is 0. The first-order valence-electron chi connectivity index (χ1n) is 4.99. The van der Waals surface area contributed by atoms with Crippen LogP contribution < -0.4 is 0 Å². The average Bonchev–Trinajstić information content (AvgIpc) is 2.08. The molecule has 2 nitrogen and oxygen atoms in total. The second-order valence-corrected chi connectivity index (χ2v) is 3.27. The molecule has 0 aliphatic heterocycles. The van der Waals surface area contributed by atoms with Crippen LogP contribution >= 0.6 is 0 Å². The fraction of sp³-hybridized carbons (Fsp3) is 0.900. The van der Waals surface area contributed by atoms with Gasteiger partial charge in [-0.1, -0.05) is 45.4 Å². The first-order chi connectivity index (χ1) is 5.77. The molecule has 1 aliphatic carbocycles. The molecule has 0 bridgehead atoms. The quantitative estimate of drug-likeness (QED) is 0.791. The maximum Gasteiger partial charge on any atom is 0.303 e. The minimum atomic E-state index is -0.711. The summed E-state index contributed by atoms with van der Waals surface area (Å²) >= 11 is 0. The topological polar surface area (TPSA) is 37.3 Å². The minimum Gasteiger partial charge on any atom is -0.481 e. The van der Waals surface area contributed by atoms with E-state index in [-0.39, 0.29) is 27.3 Å². The Hall–Kier alpha value is 0.392. The summed E-state index contributed by atoms with van der Waals surface area (Å²) < 4.78 is 0. The zero-order valence-corrected chi connectivity index (χ0v) is 12.8. The first kappa shape index (κ1) is 15.8. The van der Waals surface area contributed by atoms with Crippen molar-refractivity contribution in [2.24, 2.45) is 0 Å². The maximum absolute atomic E-state index is 9.60. The van der Waals surface area contributed by atoms with Crippen LogP contribution in [0.5, 0.6) is 0 Å². The van der Waals surface area contributed by atoms with Crippen molar-refractivity contribution in [3.05, 3.63) is 0 Å². The Morgan fingerprint density at radius 3 is 1.46 bits per heavy atom. The van der Waals surface area contributed by atoms with Crippen molar-refractivity contribution < 1.29 is 37.2 Å². The van der Waals surface area contributed by atoms with Gasteiger partial charge in [0, 0.05) is 33.7 Å². The molecule has 0 amide bonds. The Labute approximate surface area is 101 Å². The number of aliphatic carboxylic acids is 1. The number of rotatable bonds is 2. The number of hydrogen-bond acceptors (Lipinski definition) is 1. The van der Waals surface area contributed by atoms with E-state index in [1.54, 1.807) is 0 Å². The summed E-state index contributed by atoms with van der Waals surface area (Å²) in [7, 11) is 0. The molecule has 0 spiro atoms. The molecule has 1 fully saturated rings. The molecule has 74 valence electrons. The van der Waals surface area contributed by atoms with E-state index in [0.717, 1.165) is 6.42 Å². The van der Waals surface area contributed by atoms with Crippen LogP contribution in [-0.2, 0) is 32.1 Å². The van der Waals surface area contributed by atoms with Crippen LogP contribution in [0.3, 0.4) is 0 Å². The predicted molar refractivity (Wildman–Crippen MR) is 50.2 cm³/mol. The third kappa shape index (κ3) is 15.2. The average molecular weight is 285 g/mol. The molecule has 0 aromatic carbocycles. The van der Waals surface area contributed by atoms with E-state index in [0.29, 0.717) is 6.42 Å². The van der Waals surface area contributed by atoms with Crippen LogP contribution in [0.15, 0.2) is 0 Å². The van der Waals surface area contributed by atoms with Gasteiger partial charge < -0.3 is 5.11 Å². The molecule has 1 aliphatic rings. The second-order valence-electron chi connectivity index (χ2n) is 3.27. The predicted octanol–water partition coefficient (Wildman–Crippen LogP) is 3.21. The monoisotopic (exact) mass is 286 g/mol. The van der Waals surface area contributed by atoms with Crippen molar-refractivity contribution in [2.75, 3.05) is 0 Å². The van der Waals surface area contributed by atoms with Gasteiger partial charge in [0.25, 0.3) is 0 Å². The summed E-state index contributed by atoms with van der Waals surface area (Å²) in [4.78, 5) is 9.60. The molecule has 0 aromatic heterocycles. The molecule has 0 saturated heterocycles. The van der Waals surface area contributed by atoms with E-state index in [1.807, 2.05) is 6.92 Å². The number of carboxylic acid groups (broad SMARTS) is 1. The van der Waals surface area contributed by atoms with E-state index in [1.165, 1.54) is 38.5 Å². The third-order valence-electron chi connectivity index (χ3n) is 1.96. The van der Waals surface area contributed by atoms with Crippen LogP contribution in [0.4, 0.5) is 0 Å². The zero-order chi connectivity index (χ0) is 9.23. The summed E-state index contributed by atoms with van der Waals surface area (Å²) in [5.41, 5.74) is 0. The van der Waals surface area contributed by atoms with Gasteiger partial charge in [-0.25, -0.2) is 0 Å². The molecular formula is C10H20CdO2. The van der Waals surface area contributed by atoms with Crippen molar-refractivity contribution >= 4 is 5.97 Å². The molecular weight excluding hydrogens is 265 g/mol. The molecule has 1 saturated carbocycles. The van der Waals surface area contributed by atoms with Crippen LogP contribution in [0.2, 0.25) is 0 Å². The van der Waals surface area contributed by atoms with Gasteiger partial charge in [0.1, 0.15) is 0 Å². The summed E-state index contributed by atoms with van der Waals surface area (Å²) in [5.74, 6) is -0.711. The normalized spacial score (nSPS) is 14.8. The summed E-state index contributed by atoms with van der Waals surface area (Å²) in [6.07, 6.45) is 10.0. The SMILES string of the molecule is C1CCCCC1.CCCC(=O)O.[Cd]. The number of carboxylic acids is 1.